The highest BCUT2D eigenvalue weighted by Gasteiger charge is 2.16. The average Bonchev–Trinajstić information content (AvgIpc) is 3.19. The Balaban J connectivity index is 1.71. The molecule has 2 aromatic carbocycles. The van der Waals surface area contributed by atoms with Gasteiger partial charge in [0.2, 0.25) is 0 Å². The second-order valence-electron chi connectivity index (χ2n) is 6.76. The van der Waals surface area contributed by atoms with Crippen LogP contribution in [0.1, 0.15) is 33.2 Å². The lowest BCUT2D eigenvalue weighted by molar-refractivity contribution is 0.553. The number of hydrogen-bond donors (Lipinski definition) is 1. The van der Waals surface area contributed by atoms with E-state index in [2.05, 4.69) is 60.1 Å². The highest BCUT2D eigenvalue weighted by molar-refractivity contribution is 7.10. The number of hydrogen-bond acceptors (Lipinski definition) is 4. The van der Waals surface area contributed by atoms with Crippen LogP contribution >= 0.6 is 11.3 Å². The summed E-state index contributed by atoms with van der Waals surface area (Å²) in [6, 6.07) is 20.3. The molecule has 27 heavy (non-hydrogen) atoms. The number of aryl methyl sites for hydroxylation is 2. The van der Waals surface area contributed by atoms with Crippen LogP contribution in [0, 0.1) is 13.8 Å². The Hall–Kier alpha value is -2.69. The van der Waals surface area contributed by atoms with E-state index in [1.54, 1.807) is 17.4 Å². The third-order valence-corrected chi connectivity index (χ3v) is 5.84. The van der Waals surface area contributed by atoms with Crippen LogP contribution in [-0.4, -0.2) is 0 Å². The normalized spacial score (nSPS) is 12.4. The molecule has 0 spiro atoms. The molecule has 1 N–H and O–H groups in total. The molecule has 4 heteroatoms. The van der Waals surface area contributed by atoms with Crippen LogP contribution in [-0.2, 0) is 6.54 Å². The third kappa shape index (κ3) is 3.72. The van der Waals surface area contributed by atoms with Crippen LogP contribution in [0.5, 0.6) is 0 Å². The molecule has 136 valence electrons. The van der Waals surface area contributed by atoms with Crippen LogP contribution in [0.15, 0.2) is 75.3 Å². The smallest absolute Gasteiger partial charge is 0.336 e. The Labute approximate surface area is 162 Å². The lowest BCUT2D eigenvalue weighted by Crippen LogP contribution is -2.22. The van der Waals surface area contributed by atoms with Gasteiger partial charge in [-0.05, 0) is 59.7 Å². The van der Waals surface area contributed by atoms with Crippen molar-refractivity contribution in [2.75, 3.05) is 0 Å². The van der Waals surface area contributed by atoms with E-state index >= 15 is 0 Å². The van der Waals surface area contributed by atoms with Gasteiger partial charge in [-0.2, -0.15) is 0 Å². The molecule has 2 aromatic heterocycles. The number of thiophene rings is 1. The maximum Gasteiger partial charge on any atom is 0.336 e. The zero-order valence-corrected chi connectivity index (χ0v) is 16.2. The molecule has 1 atom stereocenters. The minimum Gasteiger partial charge on any atom is -0.423 e. The summed E-state index contributed by atoms with van der Waals surface area (Å²) in [4.78, 5) is 13.3. The van der Waals surface area contributed by atoms with Gasteiger partial charge in [-0.3, -0.25) is 0 Å². The van der Waals surface area contributed by atoms with Gasteiger partial charge in [-0.1, -0.05) is 36.4 Å². The van der Waals surface area contributed by atoms with Crippen molar-refractivity contribution in [3.05, 3.63) is 104 Å². The van der Waals surface area contributed by atoms with Gasteiger partial charge in [0.25, 0.3) is 0 Å². The third-order valence-electron chi connectivity index (χ3n) is 4.90. The number of nitrogens with one attached hydrogen (secondary N) is 1. The molecule has 2 heterocycles. The Morgan fingerprint density at radius 2 is 1.78 bits per heavy atom. The van der Waals surface area contributed by atoms with Crippen molar-refractivity contribution >= 4 is 22.3 Å². The summed E-state index contributed by atoms with van der Waals surface area (Å²) in [6.45, 7) is 4.69. The van der Waals surface area contributed by atoms with Gasteiger partial charge in [-0.25, -0.2) is 4.79 Å². The van der Waals surface area contributed by atoms with Crippen molar-refractivity contribution in [3.8, 4) is 0 Å². The van der Waals surface area contributed by atoms with E-state index < -0.39 is 0 Å². The van der Waals surface area contributed by atoms with Gasteiger partial charge in [-0.15, -0.1) is 11.3 Å². The molecule has 0 bridgehead atoms. The summed E-state index contributed by atoms with van der Waals surface area (Å²) in [7, 11) is 0. The molecule has 0 unspecified atom stereocenters. The Bertz CT molecular complexity index is 1110. The van der Waals surface area contributed by atoms with Crippen molar-refractivity contribution in [2.24, 2.45) is 0 Å². The predicted molar refractivity (Wildman–Crippen MR) is 111 cm³/mol. The first-order chi connectivity index (χ1) is 13.1. The molecule has 4 aromatic rings. The summed E-state index contributed by atoms with van der Waals surface area (Å²) >= 11 is 1.73. The molecule has 4 rings (SSSR count). The summed E-state index contributed by atoms with van der Waals surface area (Å²) in [5.41, 5.74) is 4.82. The number of fused-ring (bicyclic) bond motifs is 1. The van der Waals surface area contributed by atoms with E-state index in [9.17, 15) is 4.79 Å². The second kappa shape index (κ2) is 7.51. The van der Waals surface area contributed by atoms with E-state index in [1.165, 1.54) is 16.0 Å². The lowest BCUT2D eigenvalue weighted by atomic mass is 10.0. The first kappa shape index (κ1) is 17.7. The molecule has 0 saturated carbocycles. The van der Waals surface area contributed by atoms with Gasteiger partial charge >= 0.3 is 5.63 Å². The zero-order valence-electron chi connectivity index (χ0n) is 15.4. The minimum absolute atomic E-state index is 0.0834. The molecule has 0 amide bonds. The van der Waals surface area contributed by atoms with E-state index in [0.29, 0.717) is 12.1 Å². The largest absolute Gasteiger partial charge is 0.423 e. The van der Waals surface area contributed by atoms with Crippen molar-refractivity contribution in [2.45, 2.75) is 26.4 Å². The highest BCUT2D eigenvalue weighted by atomic mass is 32.1. The Morgan fingerprint density at radius 1 is 1.00 bits per heavy atom. The van der Waals surface area contributed by atoms with Gasteiger partial charge in [0.1, 0.15) is 5.58 Å². The molecule has 0 saturated heterocycles. The van der Waals surface area contributed by atoms with E-state index in [0.717, 1.165) is 16.5 Å². The topological polar surface area (TPSA) is 42.2 Å². The zero-order chi connectivity index (χ0) is 18.8. The van der Waals surface area contributed by atoms with Crippen molar-refractivity contribution in [3.63, 3.8) is 0 Å². The maximum atomic E-state index is 12.1. The van der Waals surface area contributed by atoms with Crippen LogP contribution in [0.4, 0.5) is 0 Å². The molecule has 3 nitrogen and oxygen atoms in total. The van der Waals surface area contributed by atoms with Crippen LogP contribution in [0.2, 0.25) is 0 Å². The van der Waals surface area contributed by atoms with Crippen LogP contribution in [0.25, 0.3) is 11.0 Å². The molecule has 0 aliphatic heterocycles. The fourth-order valence-electron chi connectivity index (χ4n) is 3.32. The Morgan fingerprint density at radius 3 is 2.52 bits per heavy atom. The number of rotatable bonds is 5. The highest BCUT2D eigenvalue weighted by Crippen LogP contribution is 2.27. The van der Waals surface area contributed by atoms with Crippen molar-refractivity contribution in [1.29, 1.82) is 0 Å². The first-order valence-corrected chi connectivity index (χ1v) is 9.85. The van der Waals surface area contributed by atoms with Gasteiger partial charge in [0.05, 0.1) is 6.04 Å². The molecule has 0 aliphatic rings. The second-order valence-corrected chi connectivity index (χ2v) is 7.74. The Kier molecular flexibility index (Phi) is 4.92. The summed E-state index contributed by atoms with van der Waals surface area (Å²) in [6.07, 6.45) is 0. The fourth-order valence-corrected chi connectivity index (χ4v) is 4.15. The van der Waals surface area contributed by atoms with Gasteiger partial charge < -0.3 is 9.73 Å². The summed E-state index contributed by atoms with van der Waals surface area (Å²) in [5.74, 6) is 0. The molecular formula is C23H21NO2S. The predicted octanol–water partition coefficient (Wildman–Crippen LogP) is 5.35. The molecule has 0 fully saturated rings. The standard InChI is InChI=1S/C23H21NO2S/c1-15-11-19-18(13-22(25)26-20(19)12-16(15)2)14-24-23(21-9-6-10-27-21)17-7-4-3-5-8-17/h3-13,23-24H,14H2,1-2H3/t23-/m1/s1. The summed E-state index contributed by atoms with van der Waals surface area (Å²) in [5, 5.41) is 6.72. The van der Waals surface area contributed by atoms with Crippen LogP contribution in [0.3, 0.4) is 0 Å². The molecular weight excluding hydrogens is 354 g/mol. The van der Waals surface area contributed by atoms with Crippen molar-refractivity contribution < 1.29 is 4.42 Å². The monoisotopic (exact) mass is 375 g/mol. The van der Waals surface area contributed by atoms with Crippen LogP contribution < -0.4 is 10.9 Å². The molecule has 0 radical (unpaired) electrons. The van der Waals surface area contributed by atoms with E-state index in [4.69, 9.17) is 4.42 Å². The van der Waals surface area contributed by atoms with E-state index in [-0.39, 0.29) is 11.7 Å². The minimum atomic E-state index is -0.310. The number of benzene rings is 2. The SMILES string of the molecule is Cc1cc2oc(=O)cc(CN[C@H](c3ccccc3)c3cccs3)c2cc1C. The van der Waals surface area contributed by atoms with Crippen molar-refractivity contribution in [1.82, 2.24) is 5.32 Å². The van der Waals surface area contributed by atoms with Gasteiger partial charge in [0.15, 0.2) is 0 Å². The maximum absolute atomic E-state index is 12.1. The lowest BCUT2D eigenvalue weighted by Gasteiger charge is -2.19. The first-order valence-electron chi connectivity index (χ1n) is 8.97. The summed E-state index contributed by atoms with van der Waals surface area (Å²) < 4.78 is 5.42. The molecule has 0 aliphatic carbocycles. The quantitative estimate of drug-likeness (QED) is 0.478. The van der Waals surface area contributed by atoms with E-state index in [1.807, 2.05) is 19.1 Å². The van der Waals surface area contributed by atoms with Gasteiger partial charge in [0, 0.05) is 22.9 Å². The average molecular weight is 375 g/mol. The fraction of sp³-hybridized carbons (Fsp3) is 0.174.